The van der Waals surface area contributed by atoms with Gasteiger partial charge in [0.2, 0.25) is 0 Å². The molecule has 1 aromatic carbocycles. The van der Waals surface area contributed by atoms with Gasteiger partial charge in [-0.15, -0.1) is 0 Å². The number of hydrogen-bond acceptors (Lipinski definition) is 2. The molecule has 1 saturated heterocycles. The molecule has 1 N–H and O–H groups in total. The standard InChI is InChI=1S/C13H17BrFNO/c1-16-6-4-13(17,5-7-16)9-10-2-3-11(15)8-12(10)14/h2-3,8,17H,4-7,9H2,1H3. The maximum Gasteiger partial charge on any atom is 0.124 e. The third-order valence-corrected chi connectivity index (χ3v) is 4.19. The first kappa shape index (κ1) is 13.0. The van der Waals surface area contributed by atoms with Gasteiger partial charge in [0.25, 0.3) is 0 Å². The number of rotatable bonds is 2. The summed E-state index contributed by atoms with van der Waals surface area (Å²) in [4.78, 5) is 2.22. The molecule has 1 aliphatic rings. The van der Waals surface area contributed by atoms with Crippen LogP contribution in [0.3, 0.4) is 0 Å². The summed E-state index contributed by atoms with van der Waals surface area (Å²) >= 11 is 3.35. The Balaban J connectivity index is 2.09. The highest BCUT2D eigenvalue weighted by atomic mass is 79.9. The lowest BCUT2D eigenvalue weighted by atomic mass is 9.85. The van der Waals surface area contributed by atoms with E-state index in [-0.39, 0.29) is 5.82 Å². The molecular formula is C13H17BrFNO. The van der Waals surface area contributed by atoms with Crippen molar-refractivity contribution in [2.24, 2.45) is 0 Å². The number of halogens is 2. The molecular weight excluding hydrogens is 285 g/mol. The van der Waals surface area contributed by atoms with Gasteiger partial charge in [-0.1, -0.05) is 22.0 Å². The maximum atomic E-state index is 13.0. The zero-order chi connectivity index (χ0) is 12.5. The lowest BCUT2D eigenvalue weighted by Gasteiger charge is -2.36. The molecule has 0 spiro atoms. The van der Waals surface area contributed by atoms with Gasteiger partial charge in [-0.3, -0.25) is 0 Å². The van der Waals surface area contributed by atoms with Crippen LogP contribution in [0, 0.1) is 5.82 Å². The average Bonchev–Trinajstić information content (AvgIpc) is 2.27. The lowest BCUT2D eigenvalue weighted by Crippen LogP contribution is -2.44. The Kier molecular flexibility index (Phi) is 3.85. The van der Waals surface area contributed by atoms with Gasteiger partial charge in [0.15, 0.2) is 0 Å². The maximum absolute atomic E-state index is 13.0. The minimum Gasteiger partial charge on any atom is -0.389 e. The molecule has 2 rings (SSSR count). The van der Waals surface area contributed by atoms with Crippen LogP contribution in [0.2, 0.25) is 0 Å². The summed E-state index contributed by atoms with van der Waals surface area (Å²) in [5.41, 5.74) is 0.325. The van der Waals surface area contributed by atoms with Crippen LogP contribution in [-0.4, -0.2) is 35.7 Å². The Morgan fingerprint density at radius 3 is 2.65 bits per heavy atom. The Morgan fingerprint density at radius 2 is 2.06 bits per heavy atom. The first-order valence-corrected chi connectivity index (χ1v) is 6.63. The quantitative estimate of drug-likeness (QED) is 0.908. The average molecular weight is 302 g/mol. The molecule has 17 heavy (non-hydrogen) atoms. The highest BCUT2D eigenvalue weighted by Crippen LogP contribution is 2.29. The van der Waals surface area contributed by atoms with Gasteiger partial charge in [-0.2, -0.15) is 0 Å². The highest BCUT2D eigenvalue weighted by molar-refractivity contribution is 9.10. The Morgan fingerprint density at radius 1 is 1.41 bits per heavy atom. The van der Waals surface area contributed by atoms with Gasteiger partial charge in [0, 0.05) is 24.0 Å². The molecule has 0 aliphatic carbocycles. The van der Waals surface area contributed by atoms with Crippen LogP contribution in [0.15, 0.2) is 22.7 Å². The van der Waals surface area contributed by atoms with Crippen molar-refractivity contribution in [1.29, 1.82) is 0 Å². The third-order valence-electron chi connectivity index (χ3n) is 3.45. The van der Waals surface area contributed by atoms with Gasteiger partial charge in [0.05, 0.1) is 5.60 Å². The largest absolute Gasteiger partial charge is 0.389 e. The molecule has 4 heteroatoms. The van der Waals surface area contributed by atoms with Gasteiger partial charge in [-0.05, 0) is 37.6 Å². The summed E-state index contributed by atoms with van der Waals surface area (Å²) in [7, 11) is 2.06. The molecule has 0 saturated carbocycles. The van der Waals surface area contributed by atoms with Crippen molar-refractivity contribution in [1.82, 2.24) is 4.90 Å². The molecule has 0 radical (unpaired) electrons. The summed E-state index contributed by atoms with van der Waals surface area (Å²) in [6, 6.07) is 4.64. The zero-order valence-electron chi connectivity index (χ0n) is 9.92. The van der Waals surface area contributed by atoms with E-state index in [0.29, 0.717) is 6.42 Å². The summed E-state index contributed by atoms with van der Waals surface area (Å²) in [6.45, 7) is 1.82. The van der Waals surface area contributed by atoms with Crippen molar-refractivity contribution in [3.05, 3.63) is 34.1 Å². The van der Waals surface area contributed by atoms with Crippen LogP contribution in [-0.2, 0) is 6.42 Å². The first-order chi connectivity index (χ1) is 7.98. The number of hydrogen-bond donors (Lipinski definition) is 1. The van der Waals surface area contributed by atoms with E-state index in [0.717, 1.165) is 36.0 Å². The van der Waals surface area contributed by atoms with Gasteiger partial charge in [0.1, 0.15) is 5.82 Å². The molecule has 1 heterocycles. The predicted molar refractivity (Wildman–Crippen MR) is 69.5 cm³/mol. The Hall–Kier alpha value is -0.450. The first-order valence-electron chi connectivity index (χ1n) is 5.83. The van der Waals surface area contributed by atoms with Crippen LogP contribution in [0.1, 0.15) is 18.4 Å². The zero-order valence-corrected chi connectivity index (χ0v) is 11.5. The number of piperidine rings is 1. The van der Waals surface area contributed by atoms with Crippen molar-refractivity contribution in [2.75, 3.05) is 20.1 Å². The number of aliphatic hydroxyl groups is 1. The summed E-state index contributed by atoms with van der Waals surface area (Å²) in [6.07, 6.45) is 2.13. The van der Waals surface area contributed by atoms with E-state index >= 15 is 0 Å². The minimum absolute atomic E-state index is 0.254. The van der Waals surface area contributed by atoms with E-state index in [2.05, 4.69) is 27.9 Å². The topological polar surface area (TPSA) is 23.5 Å². The van der Waals surface area contributed by atoms with E-state index in [1.807, 2.05) is 0 Å². The van der Waals surface area contributed by atoms with E-state index in [9.17, 15) is 9.50 Å². The van der Waals surface area contributed by atoms with Crippen LogP contribution < -0.4 is 0 Å². The second-order valence-corrected chi connectivity index (χ2v) is 5.79. The normalized spacial score (nSPS) is 20.5. The SMILES string of the molecule is CN1CCC(O)(Cc2ccc(F)cc2Br)CC1. The molecule has 1 fully saturated rings. The molecule has 0 amide bonds. The monoisotopic (exact) mass is 301 g/mol. The molecule has 0 bridgehead atoms. The molecule has 0 atom stereocenters. The molecule has 94 valence electrons. The summed E-state index contributed by atoms with van der Waals surface area (Å²) in [5, 5.41) is 10.5. The van der Waals surface area contributed by atoms with Crippen molar-refractivity contribution >= 4 is 15.9 Å². The second kappa shape index (κ2) is 5.04. The van der Waals surface area contributed by atoms with E-state index in [4.69, 9.17) is 0 Å². The third kappa shape index (κ3) is 3.27. The van der Waals surface area contributed by atoms with E-state index < -0.39 is 5.60 Å². The smallest absolute Gasteiger partial charge is 0.124 e. The van der Waals surface area contributed by atoms with Gasteiger partial charge < -0.3 is 10.0 Å². The number of likely N-dealkylation sites (tertiary alicyclic amines) is 1. The summed E-state index contributed by atoms with van der Waals surface area (Å²) in [5.74, 6) is -0.254. The molecule has 1 aromatic rings. The van der Waals surface area contributed by atoms with Crippen molar-refractivity contribution in [3.63, 3.8) is 0 Å². The van der Waals surface area contributed by atoms with E-state index in [1.54, 1.807) is 6.07 Å². The fourth-order valence-corrected chi connectivity index (χ4v) is 2.72. The molecule has 0 aromatic heterocycles. The fourth-order valence-electron chi connectivity index (χ4n) is 2.23. The Bertz CT molecular complexity index is 402. The van der Waals surface area contributed by atoms with Crippen LogP contribution in [0.25, 0.3) is 0 Å². The summed E-state index contributed by atoms with van der Waals surface area (Å²) < 4.78 is 13.7. The Labute approximate surface area is 110 Å². The molecule has 2 nitrogen and oxygen atoms in total. The van der Waals surface area contributed by atoms with Crippen molar-refractivity contribution in [2.45, 2.75) is 24.9 Å². The molecule has 0 unspecified atom stereocenters. The van der Waals surface area contributed by atoms with Gasteiger partial charge >= 0.3 is 0 Å². The lowest BCUT2D eigenvalue weighted by molar-refractivity contribution is -0.0151. The highest BCUT2D eigenvalue weighted by Gasteiger charge is 2.31. The number of nitrogens with zero attached hydrogens (tertiary/aromatic N) is 1. The van der Waals surface area contributed by atoms with Gasteiger partial charge in [-0.25, -0.2) is 4.39 Å². The van der Waals surface area contributed by atoms with Crippen molar-refractivity contribution < 1.29 is 9.50 Å². The van der Waals surface area contributed by atoms with Crippen LogP contribution in [0.4, 0.5) is 4.39 Å². The van der Waals surface area contributed by atoms with E-state index in [1.165, 1.54) is 12.1 Å². The minimum atomic E-state index is -0.646. The van der Waals surface area contributed by atoms with Crippen molar-refractivity contribution in [3.8, 4) is 0 Å². The second-order valence-electron chi connectivity index (χ2n) is 4.94. The predicted octanol–water partition coefficient (Wildman–Crippen LogP) is 2.59. The number of benzene rings is 1. The van der Waals surface area contributed by atoms with Crippen LogP contribution in [0.5, 0.6) is 0 Å². The van der Waals surface area contributed by atoms with Crippen LogP contribution >= 0.6 is 15.9 Å². The molecule has 1 aliphatic heterocycles. The fraction of sp³-hybridized carbons (Fsp3) is 0.538.